The smallest absolute Gasteiger partial charge is 0.258 e. The van der Waals surface area contributed by atoms with Gasteiger partial charge in [0, 0.05) is 5.56 Å². The van der Waals surface area contributed by atoms with E-state index in [2.05, 4.69) is 36.1 Å². The fourth-order valence-electron chi connectivity index (χ4n) is 2.91. The Kier molecular flexibility index (Phi) is 2.90. The van der Waals surface area contributed by atoms with Gasteiger partial charge in [-0.1, -0.05) is 36.2 Å². The van der Waals surface area contributed by atoms with E-state index in [1.54, 1.807) is 0 Å². The van der Waals surface area contributed by atoms with E-state index in [0.29, 0.717) is 11.7 Å². The standard InChI is InChI=1S/C15H19N3O/c1-10-6-5-7-11(2)12(10)13-17-14(18-19-13)15(16)8-3-4-9-15/h5-7H,3-4,8-9,16H2,1-2H3. The lowest BCUT2D eigenvalue weighted by Gasteiger charge is -2.17. The summed E-state index contributed by atoms with van der Waals surface area (Å²) in [7, 11) is 0. The van der Waals surface area contributed by atoms with E-state index >= 15 is 0 Å². The van der Waals surface area contributed by atoms with Crippen molar-refractivity contribution in [2.24, 2.45) is 5.73 Å². The first-order valence-corrected chi connectivity index (χ1v) is 6.80. The number of hydrogen-bond acceptors (Lipinski definition) is 4. The third kappa shape index (κ3) is 2.06. The molecule has 0 unspecified atom stereocenters. The van der Waals surface area contributed by atoms with Crippen molar-refractivity contribution < 1.29 is 4.52 Å². The van der Waals surface area contributed by atoms with Crippen molar-refractivity contribution in [3.05, 3.63) is 35.2 Å². The SMILES string of the molecule is Cc1cccc(C)c1-c1nc(C2(N)CCCC2)no1. The molecule has 2 aromatic rings. The second-order valence-electron chi connectivity index (χ2n) is 5.55. The Labute approximate surface area is 113 Å². The van der Waals surface area contributed by atoms with Crippen molar-refractivity contribution in [2.75, 3.05) is 0 Å². The van der Waals surface area contributed by atoms with Crippen LogP contribution in [0.1, 0.15) is 42.6 Å². The summed E-state index contributed by atoms with van der Waals surface area (Å²) in [6.45, 7) is 4.11. The molecular weight excluding hydrogens is 238 g/mol. The van der Waals surface area contributed by atoms with Gasteiger partial charge in [-0.2, -0.15) is 4.98 Å². The number of benzene rings is 1. The van der Waals surface area contributed by atoms with Gasteiger partial charge in [0.05, 0.1) is 5.54 Å². The lowest BCUT2D eigenvalue weighted by Crippen LogP contribution is -2.34. The van der Waals surface area contributed by atoms with Crippen molar-refractivity contribution in [2.45, 2.75) is 45.1 Å². The molecule has 1 aromatic heterocycles. The highest BCUT2D eigenvalue weighted by Crippen LogP contribution is 2.36. The van der Waals surface area contributed by atoms with Gasteiger partial charge in [0.25, 0.3) is 5.89 Å². The molecule has 0 amide bonds. The van der Waals surface area contributed by atoms with Crippen LogP contribution in [0.5, 0.6) is 0 Å². The second kappa shape index (κ2) is 4.46. The van der Waals surface area contributed by atoms with Gasteiger partial charge >= 0.3 is 0 Å². The van der Waals surface area contributed by atoms with Gasteiger partial charge in [-0.15, -0.1) is 0 Å². The summed E-state index contributed by atoms with van der Waals surface area (Å²) in [5.74, 6) is 1.24. The Morgan fingerprint density at radius 3 is 2.42 bits per heavy atom. The first-order chi connectivity index (χ1) is 9.10. The molecule has 1 aliphatic rings. The third-order valence-electron chi connectivity index (χ3n) is 4.06. The number of hydrogen-bond donors (Lipinski definition) is 1. The summed E-state index contributed by atoms with van der Waals surface area (Å²) >= 11 is 0. The van der Waals surface area contributed by atoms with Crippen LogP contribution in [-0.4, -0.2) is 10.1 Å². The lowest BCUT2D eigenvalue weighted by atomic mass is 9.98. The van der Waals surface area contributed by atoms with Crippen LogP contribution in [0.3, 0.4) is 0 Å². The van der Waals surface area contributed by atoms with Crippen molar-refractivity contribution in [3.8, 4) is 11.5 Å². The zero-order valence-electron chi connectivity index (χ0n) is 11.4. The molecular formula is C15H19N3O. The van der Waals surface area contributed by atoms with E-state index in [1.807, 2.05) is 6.07 Å². The van der Waals surface area contributed by atoms with Crippen LogP contribution in [0.2, 0.25) is 0 Å². The minimum Gasteiger partial charge on any atom is -0.334 e. The molecule has 3 rings (SSSR count). The highest BCUT2D eigenvalue weighted by Gasteiger charge is 2.36. The minimum absolute atomic E-state index is 0.391. The summed E-state index contributed by atoms with van der Waals surface area (Å²) < 4.78 is 5.45. The Hall–Kier alpha value is -1.68. The van der Waals surface area contributed by atoms with Crippen molar-refractivity contribution in [3.63, 3.8) is 0 Å². The van der Waals surface area contributed by atoms with Crippen LogP contribution in [0.25, 0.3) is 11.5 Å². The maximum Gasteiger partial charge on any atom is 0.258 e. The second-order valence-corrected chi connectivity index (χ2v) is 5.55. The molecule has 0 spiro atoms. The predicted octanol–water partition coefficient (Wildman–Crippen LogP) is 3.08. The van der Waals surface area contributed by atoms with Crippen LogP contribution in [0.15, 0.2) is 22.7 Å². The van der Waals surface area contributed by atoms with Gasteiger partial charge in [-0.3, -0.25) is 0 Å². The van der Waals surface area contributed by atoms with E-state index in [4.69, 9.17) is 10.3 Å². The average molecular weight is 257 g/mol. The normalized spacial score (nSPS) is 17.8. The number of aryl methyl sites for hydroxylation is 2. The van der Waals surface area contributed by atoms with E-state index in [-0.39, 0.29) is 0 Å². The highest BCUT2D eigenvalue weighted by molar-refractivity contribution is 5.62. The zero-order valence-corrected chi connectivity index (χ0v) is 11.4. The summed E-state index contributed by atoms with van der Waals surface area (Å²) in [5, 5.41) is 4.12. The molecule has 1 saturated carbocycles. The molecule has 0 aliphatic heterocycles. The van der Waals surface area contributed by atoms with Crippen LogP contribution >= 0.6 is 0 Å². The maximum absolute atomic E-state index is 6.36. The molecule has 0 bridgehead atoms. The van der Waals surface area contributed by atoms with Crippen LogP contribution < -0.4 is 5.73 Å². The van der Waals surface area contributed by atoms with Crippen molar-refractivity contribution in [1.29, 1.82) is 0 Å². The van der Waals surface area contributed by atoms with Gasteiger partial charge < -0.3 is 10.3 Å². The molecule has 2 N–H and O–H groups in total. The topological polar surface area (TPSA) is 64.9 Å². The molecule has 100 valence electrons. The van der Waals surface area contributed by atoms with Crippen molar-refractivity contribution >= 4 is 0 Å². The van der Waals surface area contributed by atoms with Crippen LogP contribution in [0.4, 0.5) is 0 Å². The van der Waals surface area contributed by atoms with Gasteiger partial charge in [0.1, 0.15) is 0 Å². The Balaban J connectivity index is 2.02. The number of rotatable bonds is 2. The Morgan fingerprint density at radius 2 is 1.79 bits per heavy atom. The summed E-state index contributed by atoms with van der Waals surface area (Å²) in [4.78, 5) is 4.55. The number of aromatic nitrogens is 2. The van der Waals surface area contributed by atoms with Crippen LogP contribution in [-0.2, 0) is 5.54 Å². The highest BCUT2D eigenvalue weighted by atomic mass is 16.5. The molecule has 1 heterocycles. The average Bonchev–Trinajstić information content (AvgIpc) is 2.99. The quantitative estimate of drug-likeness (QED) is 0.897. The van der Waals surface area contributed by atoms with E-state index < -0.39 is 5.54 Å². The number of nitrogens with zero attached hydrogens (tertiary/aromatic N) is 2. The third-order valence-corrected chi connectivity index (χ3v) is 4.06. The fourth-order valence-corrected chi connectivity index (χ4v) is 2.91. The lowest BCUT2D eigenvalue weighted by molar-refractivity contribution is 0.372. The number of nitrogens with two attached hydrogens (primary N) is 1. The Bertz CT molecular complexity index is 577. The molecule has 19 heavy (non-hydrogen) atoms. The zero-order chi connectivity index (χ0) is 13.5. The van der Waals surface area contributed by atoms with E-state index in [9.17, 15) is 0 Å². The van der Waals surface area contributed by atoms with E-state index in [0.717, 1.165) is 42.4 Å². The molecule has 1 fully saturated rings. The van der Waals surface area contributed by atoms with Gasteiger partial charge in [0.15, 0.2) is 5.82 Å². The first-order valence-electron chi connectivity index (χ1n) is 6.80. The summed E-state index contributed by atoms with van der Waals surface area (Å²) in [6.07, 6.45) is 4.17. The summed E-state index contributed by atoms with van der Waals surface area (Å²) in [5.41, 5.74) is 9.29. The maximum atomic E-state index is 6.36. The van der Waals surface area contributed by atoms with Gasteiger partial charge in [0.2, 0.25) is 0 Å². The molecule has 1 aromatic carbocycles. The minimum atomic E-state index is -0.391. The van der Waals surface area contributed by atoms with Gasteiger partial charge in [-0.25, -0.2) is 0 Å². The first kappa shape index (κ1) is 12.4. The molecule has 4 heteroatoms. The fraction of sp³-hybridized carbons (Fsp3) is 0.467. The van der Waals surface area contributed by atoms with Crippen LogP contribution in [0, 0.1) is 13.8 Å². The molecule has 4 nitrogen and oxygen atoms in total. The molecule has 1 aliphatic carbocycles. The molecule has 0 saturated heterocycles. The molecule has 0 atom stereocenters. The van der Waals surface area contributed by atoms with E-state index in [1.165, 1.54) is 0 Å². The largest absolute Gasteiger partial charge is 0.334 e. The summed E-state index contributed by atoms with van der Waals surface area (Å²) in [6, 6.07) is 6.15. The predicted molar refractivity (Wildman–Crippen MR) is 73.5 cm³/mol. The monoisotopic (exact) mass is 257 g/mol. The Morgan fingerprint density at radius 1 is 1.16 bits per heavy atom. The molecule has 0 radical (unpaired) electrons. The van der Waals surface area contributed by atoms with Crippen molar-refractivity contribution in [1.82, 2.24) is 10.1 Å². The van der Waals surface area contributed by atoms with Gasteiger partial charge in [-0.05, 0) is 37.8 Å².